The third-order valence-electron chi connectivity index (χ3n) is 4.77. The summed E-state index contributed by atoms with van der Waals surface area (Å²) in [5.41, 5.74) is 9.42. The Morgan fingerprint density at radius 1 is 1.30 bits per heavy atom. The van der Waals surface area contributed by atoms with Crippen molar-refractivity contribution < 1.29 is 0 Å². The van der Waals surface area contributed by atoms with Gasteiger partial charge in [0, 0.05) is 24.2 Å². The first-order chi connectivity index (χ1) is 9.74. The maximum atomic E-state index is 6.59. The molecule has 2 aromatic rings. The van der Waals surface area contributed by atoms with Gasteiger partial charge in [0.1, 0.15) is 0 Å². The Balaban J connectivity index is 1.79. The lowest BCUT2D eigenvalue weighted by Gasteiger charge is -2.47. The van der Waals surface area contributed by atoms with Gasteiger partial charge in [0.2, 0.25) is 0 Å². The van der Waals surface area contributed by atoms with E-state index in [1.807, 2.05) is 10.9 Å². The number of hydrogen-bond acceptors (Lipinski definition) is 2. The van der Waals surface area contributed by atoms with Crippen LogP contribution in [0.1, 0.15) is 37.3 Å². The summed E-state index contributed by atoms with van der Waals surface area (Å²) in [5, 5.41) is 4.35. The summed E-state index contributed by atoms with van der Waals surface area (Å²) in [6.07, 6.45) is 8.70. The van der Waals surface area contributed by atoms with Crippen molar-refractivity contribution >= 4 is 0 Å². The molecule has 3 nitrogen and oxygen atoms in total. The van der Waals surface area contributed by atoms with Crippen LogP contribution in [0, 0.1) is 0 Å². The van der Waals surface area contributed by atoms with Gasteiger partial charge in [0.05, 0.1) is 6.20 Å². The van der Waals surface area contributed by atoms with E-state index in [0.29, 0.717) is 0 Å². The molecule has 1 atom stereocenters. The monoisotopic (exact) mass is 269 g/mol. The number of hydrogen-bond donors (Lipinski definition) is 1. The van der Waals surface area contributed by atoms with Gasteiger partial charge in [-0.1, -0.05) is 36.8 Å². The minimum absolute atomic E-state index is 0.174. The van der Waals surface area contributed by atoms with Crippen LogP contribution in [0.25, 0.3) is 0 Å². The average Bonchev–Trinajstić information content (AvgIpc) is 2.86. The number of nitrogens with zero attached hydrogens (tertiary/aromatic N) is 2. The zero-order chi connectivity index (χ0) is 14.0. The summed E-state index contributed by atoms with van der Waals surface area (Å²) in [6, 6.07) is 11.0. The topological polar surface area (TPSA) is 43.8 Å². The normalized spacial score (nSPS) is 18.5. The van der Waals surface area contributed by atoms with Crippen LogP contribution in [0.3, 0.4) is 0 Å². The summed E-state index contributed by atoms with van der Waals surface area (Å²) in [4.78, 5) is 0. The van der Waals surface area contributed by atoms with Crippen molar-refractivity contribution in [3.8, 4) is 0 Å². The van der Waals surface area contributed by atoms with E-state index in [1.165, 1.54) is 30.4 Å². The number of aryl methyl sites for hydroxylation is 1. The highest BCUT2D eigenvalue weighted by atomic mass is 15.3. The van der Waals surface area contributed by atoms with E-state index in [2.05, 4.69) is 48.6 Å². The van der Waals surface area contributed by atoms with Crippen molar-refractivity contribution in [3.05, 3.63) is 53.9 Å². The number of benzene rings is 1. The van der Waals surface area contributed by atoms with Crippen LogP contribution in [-0.2, 0) is 18.4 Å². The van der Waals surface area contributed by atoms with Crippen molar-refractivity contribution in [2.75, 3.05) is 0 Å². The predicted octanol–water partition coefficient (Wildman–Crippen LogP) is 2.89. The van der Waals surface area contributed by atoms with Gasteiger partial charge in [-0.3, -0.25) is 4.68 Å². The fourth-order valence-corrected chi connectivity index (χ4v) is 3.34. The Hall–Kier alpha value is -1.61. The van der Waals surface area contributed by atoms with Crippen LogP contribution < -0.4 is 5.73 Å². The van der Waals surface area contributed by atoms with Crippen LogP contribution in [0.2, 0.25) is 0 Å². The van der Waals surface area contributed by atoms with E-state index < -0.39 is 0 Å². The second-order valence-electron chi connectivity index (χ2n) is 5.89. The molecule has 1 heterocycles. The summed E-state index contributed by atoms with van der Waals surface area (Å²) >= 11 is 0. The highest BCUT2D eigenvalue weighted by Crippen LogP contribution is 2.46. The minimum Gasteiger partial charge on any atom is -0.327 e. The second-order valence-corrected chi connectivity index (χ2v) is 5.89. The first kappa shape index (κ1) is 13.4. The predicted molar refractivity (Wildman–Crippen MR) is 81.6 cm³/mol. The van der Waals surface area contributed by atoms with E-state index in [1.54, 1.807) is 0 Å². The average molecular weight is 269 g/mol. The Morgan fingerprint density at radius 3 is 2.60 bits per heavy atom. The molecule has 1 aliphatic rings. The largest absolute Gasteiger partial charge is 0.327 e. The van der Waals surface area contributed by atoms with Crippen molar-refractivity contribution in [2.24, 2.45) is 5.73 Å². The van der Waals surface area contributed by atoms with Crippen LogP contribution in [0.5, 0.6) is 0 Å². The van der Waals surface area contributed by atoms with E-state index in [4.69, 9.17) is 5.73 Å². The van der Waals surface area contributed by atoms with Crippen LogP contribution in [0.15, 0.2) is 42.7 Å². The molecule has 1 saturated carbocycles. The van der Waals surface area contributed by atoms with Gasteiger partial charge in [0.25, 0.3) is 0 Å². The molecule has 1 unspecified atom stereocenters. The molecule has 106 valence electrons. The summed E-state index contributed by atoms with van der Waals surface area (Å²) in [7, 11) is 0. The van der Waals surface area contributed by atoms with Gasteiger partial charge >= 0.3 is 0 Å². The molecule has 0 aliphatic heterocycles. The molecule has 1 aliphatic carbocycles. The van der Waals surface area contributed by atoms with Crippen molar-refractivity contribution in [1.29, 1.82) is 0 Å². The van der Waals surface area contributed by atoms with Gasteiger partial charge < -0.3 is 5.73 Å². The molecule has 3 heteroatoms. The summed E-state index contributed by atoms with van der Waals surface area (Å²) < 4.78 is 1.97. The fraction of sp³-hybridized carbons (Fsp3) is 0.471. The molecule has 0 radical (unpaired) electrons. The first-order valence-corrected chi connectivity index (χ1v) is 7.57. The van der Waals surface area contributed by atoms with Crippen molar-refractivity contribution in [3.63, 3.8) is 0 Å². The van der Waals surface area contributed by atoms with Crippen LogP contribution >= 0.6 is 0 Å². The summed E-state index contributed by atoms with van der Waals surface area (Å²) in [6.45, 7) is 3.02. The molecule has 1 aromatic carbocycles. The third kappa shape index (κ3) is 2.27. The van der Waals surface area contributed by atoms with E-state index >= 15 is 0 Å². The maximum Gasteiger partial charge on any atom is 0.0522 e. The first-order valence-electron chi connectivity index (χ1n) is 7.57. The molecule has 20 heavy (non-hydrogen) atoms. The highest BCUT2D eigenvalue weighted by molar-refractivity contribution is 5.31. The third-order valence-corrected chi connectivity index (χ3v) is 4.77. The Morgan fingerprint density at radius 2 is 2.05 bits per heavy atom. The molecule has 3 rings (SSSR count). The molecule has 1 aromatic heterocycles. The molecule has 1 fully saturated rings. The van der Waals surface area contributed by atoms with E-state index in [9.17, 15) is 0 Å². The quantitative estimate of drug-likeness (QED) is 0.907. The zero-order valence-corrected chi connectivity index (χ0v) is 12.1. The van der Waals surface area contributed by atoms with Gasteiger partial charge in [0.15, 0.2) is 0 Å². The standard InChI is InChI=1S/C17H23N3/c1-2-20-13-14(12-19-20)11-16(18)17(9-6-10-17)15-7-4-3-5-8-15/h3-5,7-8,12-13,16H,2,6,9-11,18H2,1H3. The number of rotatable bonds is 5. The molecule has 0 bridgehead atoms. The Kier molecular flexibility index (Phi) is 3.62. The highest BCUT2D eigenvalue weighted by Gasteiger charge is 2.43. The van der Waals surface area contributed by atoms with Crippen LogP contribution in [0.4, 0.5) is 0 Å². The van der Waals surface area contributed by atoms with Gasteiger partial charge in [-0.25, -0.2) is 0 Å². The van der Waals surface area contributed by atoms with Gasteiger partial charge in [-0.15, -0.1) is 0 Å². The van der Waals surface area contributed by atoms with Crippen molar-refractivity contribution in [1.82, 2.24) is 9.78 Å². The molecule has 2 N–H and O–H groups in total. The fourth-order valence-electron chi connectivity index (χ4n) is 3.34. The van der Waals surface area contributed by atoms with Gasteiger partial charge in [-0.2, -0.15) is 5.10 Å². The molecular weight excluding hydrogens is 246 g/mol. The van der Waals surface area contributed by atoms with Crippen LogP contribution in [-0.4, -0.2) is 15.8 Å². The summed E-state index contributed by atoms with van der Waals surface area (Å²) in [5.74, 6) is 0. The van der Waals surface area contributed by atoms with Gasteiger partial charge in [-0.05, 0) is 37.3 Å². The van der Waals surface area contributed by atoms with Crippen molar-refractivity contribution in [2.45, 2.75) is 50.6 Å². The Bertz CT molecular complexity index is 555. The SMILES string of the molecule is CCn1cc(CC(N)C2(c3ccccc3)CCC2)cn1. The maximum absolute atomic E-state index is 6.59. The lowest BCUT2D eigenvalue weighted by atomic mass is 9.59. The molecule has 0 saturated heterocycles. The Labute approximate surface area is 120 Å². The van der Waals surface area contributed by atoms with E-state index in [-0.39, 0.29) is 11.5 Å². The molecule has 0 amide bonds. The smallest absolute Gasteiger partial charge is 0.0522 e. The minimum atomic E-state index is 0.174. The lowest BCUT2D eigenvalue weighted by molar-refractivity contribution is 0.194. The lowest BCUT2D eigenvalue weighted by Crippen LogP contribution is -2.51. The number of aromatic nitrogens is 2. The zero-order valence-electron chi connectivity index (χ0n) is 12.1. The molecule has 0 spiro atoms. The molecular formula is C17H23N3. The number of nitrogens with two attached hydrogens (primary N) is 1. The van der Waals surface area contributed by atoms with E-state index in [0.717, 1.165) is 13.0 Å². The second kappa shape index (κ2) is 5.41.